The van der Waals surface area contributed by atoms with Crippen molar-refractivity contribution in [1.29, 1.82) is 0 Å². The van der Waals surface area contributed by atoms with Crippen molar-refractivity contribution in [3.8, 4) is 0 Å². The average molecular weight is 235 g/mol. The van der Waals surface area contributed by atoms with Crippen LogP contribution in [0.2, 0.25) is 0 Å². The molecule has 0 aliphatic rings. The van der Waals surface area contributed by atoms with Gasteiger partial charge in [-0.2, -0.15) is 9.61 Å². The summed E-state index contributed by atoms with van der Waals surface area (Å²) in [5.41, 5.74) is 5.28. The summed E-state index contributed by atoms with van der Waals surface area (Å²) < 4.78 is 6.74. The van der Waals surface area contributed by atoms with E-state index in [4.69, 9.17) is 10.6 Å². The lowest BCUT2D eigenvalue weighted by atomic mass is 10.2. The normalized spacial score (nSPS) is 11.0. The van der Waals surface area contributed by atoms with E-state index in [2.05, 4.69) is 22.4 Å². The standard InChI is InChI=1S/C11H17N5O/c1-3-4-8-5-11(14-12)16-10(13-8)6-9(15-16)7-17-2/h5-6,14H,3-4,7,12H2,1-2H3. The third kappa shape index (κ3) is 2.37. The van der Waals surface area contributed by atoms with E-state index in [1.165, 1.54) is 0 Å². The molecule has 0 fully saturated rings. The molecule has 0 aliphatic carbocycles. The van der Waals surface area contributed by atoms with Crippen LogP contribution in [0, 0.1) is 0 Å². The lowest BCUT2D eigenvalue weighted by molar-refractivity contribution is 0.181. The first-order valence-electron chi connectivity index (χ1n) is 5.62. The minimum absolute atomic E-state index is 0.469. The number of hydrogen-bond acceptors (Lipinski definition) is 5. The number of nitrogens with two attached hydrogens (primary N) is 1. The highest BCUT2D eigenvalue weighted by atomic mass is 16.5. The van der Waals surface area contributed by atoms with Crippen LogP contribution in [0.5, 0.6) is 0 Å². The summed E-state index contributed by atoms with van der Waals surface area (Å²) in [6.45, 7) is 2.59. The Bertz CT molecular complexity index is 508. The third-order valence-electron chi connectivity index (χ3n) is 2.48. The van der Waals surface area contributed by atoms with Gasteiger partial charge in [0.1, 0.15) is 5.82 Å². The first-order valence-corrected chi connectivity index (χ1v) is 5.62. The molecule has 0 unspecified atom stereocenters. The van der Waals surface area contributed by atoms with Crippen molar-refractivity contribution in [2.24, 2.45) is 5.84 Å². The van der Waals surface area contributed by atoms with E-state index >= 15 is 0 Å². The van der Waals surface area contributed by atoms with Gasteiger partial charge < -0.3 is 10.2 Å². The number of nitrogens with zero attached hydrogens (tertiary/aromatic N) is 3. The average Bonchev–Trinajstić information content (AvgIpc) is 2.71. The molecule has 2 heterocycles. The minimum atomic E-state index is 0.469. The topological polar surface area (TPSA) is 77.5 Å². The molecule has 2 aromatic rings. The van der Waals surface area contributed by atoms with Gasteiger partial charge in [-0.05, 0) is 6.42 Å². The molecule has 2 aromatic heterocycles. The summed E-state index contributed by atoms with van der Waals surface area (Å²) in [4.78, 5) is 4.53. The van der Waals surface area contributed by atoms with Crippen LogP contribution >= 0.6 is 0 Å². The molecule has 0 aromatic carbocycles. The van der Waals surface area contributed by atoms with Crippen LogP contribution in [-0.2, 0) is 17.8 Å². The highest BCUT2D eigenvalue weighted by Gasteiger charge is 2.08. The van der Waals surface area contributed by atoms with Gasteiger partial charge in [0.2, 0.25) is 0 Å². The predicted octanol–water partition coefficient (Wildman–Crippen LogP) is 1.11. The lowest BCUT2D eigenvalue weighted by Crippen LogP contribution is -2.13. The lowest BCUT2D eigenvalue weighted by Gasteiger charge is -2.05. The zero-order valence-corrected chi connectivity index (χ0v) is 10.1. The van der Waals surface area contributed by atoms with Crippen molar-refractivity contribution in [3.63, 3.8) is 0 Å². The Morgan fingerprint density at radius 1 is 1.41 bits per heavy atom. The molecule has 0 saturated heterocycles. The Kier molecular flexibility index (Phi) is 3.55. The first kappa shape index (κ1) is 11.8. The van der Waals surface area contributed by atoms with E-state index in [1.54, 1.807) is 11.6 Å². The molecule has 2 rings (SSSR count). The molecule has 6 nitrogen and oxygen atoms in total. The van der Waals surface area contributed by atoms with E-state index in [0.29, 0.717) is 6.61 Å². The Labute approximate surface area is 99.8 Å². The van der Waals surface area contributed by atoms with Crippen LogP contribution < -0.4 is 11.3 Å². The van der Waals surface area contributed by atoms with Gasteiger partial charge in [-0.3, -0.25) is 0 Å². The molecule has 0 bridgehead atoms. The molecule has 6 heteroatoms. The minimum Gasteiger partial charge on any atom is -0.378 e. The molecule has 0 radical (unpaired) electrons. The molecule has 3 N–H and O–H groups in total. The van der Waals surface area contributed by atoms with Gasteiger partial charge in [-0.1, -0.05) is 13.3 Å². The van der Waals surface area contributed by atoms with Crippen molar-refractivity contribution >= 4 is 11.5 Å². The number of methoxy groups -OCH3 is 1. The zero-order valence-electron chi connectivity index (χ0n) is 10.1. The summed E-state index contributed by atoms with van der Waals surface area (Å²) in [7, 11) is 1.64. The second-order valence-electron chi connectivity index (χ2n) is 3.87. The van der Waals surface area contributed by atoms with E-state index < -0.39 is 0 Å². The second-order valence-corrected chi connectivity index (χ2v) is 3.87. The molecule has 0 aliphatic heterocycles. The Hall–Kier alpha value is -1.66. The summed E-state index contributed by atoms with van der Waals surface area (Å²) >= 11 is 0. The number of rotatable bonds is 5. The smallest absolute Gasteiger partial charge is 0.157 e. The van der Waals surface area contributed by atoms with Crippen molar-refractivity contribution in [1.82, 2.24) is 14.6 Å². The van der Waals surface area contributed by atoms with Crippen molar-refractivity contribution < 1.29 is 4.74 Å². The van der Waals surface area contributed by atoms with Gasteiger partial charge in [-0.25, -0.2) is 10.8 Å². The van der Waals surface area contributed by atoms with Crippen LogP contribution in [0.25, 0.3) is 5.65 Å². The maximum Gasteiger partial charge on any atom is 0.157 e. The summed E-state index contributed by atoms with van der Waals surface area (Å²) in [5, 5.41) is 4.36. The third-order valence-corrected chi connectivity index (χ3v) is 2.48. The Morgan fingerprint density at radius 3 is 2.88 bits per heavy atom. The van der Waals surface area contributed by atoms with Gasteiger partial charge in [0, 0.05) is 24.9 Å². The van der Waals surface area contributed by atoms with E-state index in [9.17, 15) is 0 Å². The largest absolute Gasteiger partial charge is 0.378 e. The SMILES string of the molecule is CCCc1cc(NN)n2nc(COC)cc2n1. The molecular weight excluding hydrogens is 218 g/mol. The van der Waals surface area contributed by atoms with Crippen LogP contribution in [-0.4, -0.2) is 21.7 Å². The number of nitrogens with one attached hydrogen (secondary N) is 1. The number of aryl methyl sites for hydroxylation is 1. The number of nitrogen functional groups attached to an aromatic ring is 1. The fourth-order valence-electron chi connectivity index (χ4n) is 1.78. The monoisotopic (exact) mass is 235 g/mol. The van der Waals surface area contributed by atoms with E-state index in [-0.39, 0.29) is 0 Å². The molecular formula is C11H17N5O. The predicted molar refractivity (Wildman–Crippen MR) is 65.5 cm³/mol. The van der Waals surface area contributed by atoms with Gasteiger partial charge >= 0.3 is 0 Å². The summed E-state index contributed by atoms with van der Waals surface area (Å²) in [6, 6.07) is 3.82. The molecule has 92 valence electrons. The van der Waals surface area contributed by atoms with Gasteiger partial charge in [-0.15, -0.1) is 0 Å². The highest BCUT2D eigenvalue weighted by Crippen LogP contribution is 2.14. The van der Waals surface area contributed by atoms with Gasteiger partial charge in [0.15, 0.2) is 5.65 Å². The zero-order chi connectivity index (χ0) is 12.3. The molecule has 17 heavy (non-hydrogen) atoms. The maximum absolute atomic E-state index is 5.49. The molecule has 0 spiro atoms. The van der Waals surface area contributed by atoms with Gasteiger partial charge in [0.05, 0.1) is 12.3 Å². The van der Waals surface area contributed by atoms with Crippen LogP contribution in [0.1, 0.15) is 24.7 Å². The summed E-state index contributed by atoms with van der Waals surface area (Å²) in [5.74, 6) is 6.23. The van der Waals surface area contributed by atoms with Crippen LogP contribution in [0.15, 0.2) is 12.1 Å². The number of fused-ring (bicyclic) bond motifs is 1. The second kappa shape index (κ2) is 5.11. The van der Waals surface area contributed by atoms with E-state index in [0.717, 1.165) is 35.7 Å². The quantitative estimate of drug-likeness (QED) is 0.599. The highest BCUT2D eigenvalue weighted by molar-refractivity contribution is 5.50. The van der Waals surface area contributed by atoms with Crippen LogP contribution in [0.3, 0.4) is 0 Å². The van der Waals surface area contributed by atoms with E-state index in [1.807, 2.05) is 12.1 Å². The molecule has 0 atom stereocenters. The number of ether oxygens (including phenoxy) is 1. The fourth-order valence-corrected chi connectivity index (χ4v) is 1.78. The number of hydrogen-bond donors (Lipinski definition) is 2. The summed E-state index contributed by atoms with van der Waals surface area (Å²) in [6.07, 6.45) is 1.97. The maximum atomic E-state index is 5.49. The molecule has 0 amide bonds. The van der Waals surface area contributed by atoms with Gasteiger partial charge in [0.25, 0.3) is 0 Å². The van der Waals surface area contributed by atoms with Crippen molar-refractivity contribution in [2.75, 3.05) is 12.5 Å². The number of anilines is 1. The van der Waals surface area contributed by atoms with Crippen LogP contribution in [0.4, 0.5) is 5.82 Å². The Balaban J connectivity index is 2.49. The van der Waals surface area contributed by atoms with Crippen molar-refractivity contribution in [3.05, 3.63) is 23.5 Å². The fraction of sp³-hybridized carbons (Fsp3) is 0.455. The Morgan fingerprint density at radius 2 is 2.24 bits per heavy atom. The first-order chi connectivity index (χ1) is 8.28. The number of aromatic nitrogens is 3. The van der Waals surface area contributed by atoms with Crippen molar-refractivity contribution in [2.45, 2.75) is 26.4 Å². The number of hydrazine groups is 1. The molecule has 0 saturated carbocycles.